The van der Waals surface area contributed by atoms with Crippen LogP contribution in [0.3, 0.4) is 0 Å². The van der Waals surface area contributed by atoms with Crippen LogP contribution in [-0.4, -0.2) is 52.4 Å². The number of hydrogen-bond donors (Lipinski definition) is 1. The Morgan fingerprint density at radius 3 is 2.82 bits per heavy atom. The van der Waals surface area contributed by atoms with Crippen LogP contribution in [-0.2, 0) is 14.3 Å². The lowest BCUT2D eigenvalue weighted by Gasteiger charge is -2.12. The first-order valence-corrected chi connectivity index (χ1v) is 9.64. The molecule has 1 N–H and O–H groups in total. The van der Waals surface area contributed by atoms with Crippen molar-refractivity contribution in [2.24, 2.45) is 0 Å². The first kappa shape index (κ1) is 19.7. The molecule has 9 heteroatoms. The standard InChI is InChI=1S/C19H20N4O4S/c1-3-27-17(25)11-21-16(24)12-28-19-22-13-7-6-10-20-18(13)23(19)14-8-4-5-9-15(14)26-2/h4-10H,3,11-12H2,1-2H3,(H,21,24). The molecule has 1 amide bonds. The third-order valence-corrected chi connectivity index (χ3v) is 4.72. The van der Waals surface area contributed by atoms with Gasteiger partial charge >= 0.3 is 5.97 Å². The number of amides is 1. The summed E-state index contributed by atoms with van der Waals surface area (Å²) in [5.74, 6) is 0.00902. The second-order valence-electron chi connectivity index (χ2n) is 5.62. The number of thioether (sulfide) groups is 1. The highest BCUT2D eigenvalue weighted by Crippen LogP contribution is 2.31. The van der Waals surface area contributed by atoms with Gasteiger partial charge < -0.3 is 14.8 Å². The Kier molecular flexibility index (Phi) is 6.49. The minimum Gasteiger partial charge on any atom is -0.495 e. The summed E-state index contributed by atoms with van der Waals surface area (Å²) in [7, 11) is 1.60. The Morgan fingerprint density at radius 2 is 2.04 bits per heavy atom. The molecule has 0 bridgehead atoms. The van der Waals surface area contributed by atoms with E-state index < -0.39 is 5.97 Å². The topological polar surface area (TPSA) is 95.3 Å². The van der Waals surface area contributed by atoms with Gasteiger partial charge in [0.25, 0.3) is 0 Å². The number of para-hydroxylation sites is 2. The molecule has 8 nitrogen and oxygen atoms in total. The van der Waals surface area contributed by atoms with Crippen LogP contribution in [0.2, 0.25) is 0 Å². The minimum absolute atomic E-state index is 0.0951. The van der Waals surface area contributed by atoms with Crippen molar-refractivity contribution in [3.8, 4) is 11.4 Å². The monoisotopic (exact) mass is 400 g/mol. The SMILES string of the molecule is CCOC(=O)CNC(=O)CSc1nc2cccnc2n1-c1ccccc1OC. The van der Waals surface area contributed by atoms with E-state index in [4.69, 9.17) is 9.47 Å². The smallest absolute Gasteiger partial charge is 0.325 e. The van der Waals surface area contributed by atoms with Crippen molar-refractivity contribution in [3.05, 3.63) is 42.6 Å². The average Bonchev–Trinajstić information content (AvgIpc) is 3.09. The molecule has 1 aromatic carbocycles. The summed E-state index contributed by atoms with van der Waals surface area (Å²) in [4.78, 5) is 32.5. The van der Waals surface area contributed by atoms with Crippen molar-refractivity contribution in [1.82, 2.24) is 19.9 Å². The number of ether oxygens (including phenoxy) is 2. The van der Waals surface area contributed by atoms with Crippen LogP contribution in [0.25, 0.3) is 16.9 Å². The predicted octanol–water partition coefficient (Wildman–Crippen LogP) is 2.20. The fourth-order valence-electron chi connectivity index (χ4n) is 2.58. The Bertz CT molecular complexity index is 989. The third kappa shape index (κ3) is 4.42. The maximum absolute atomic E-state index is 12.1. The van der Waals surface area contributed by atoms with E-state index >= 15 is 0 Å². The van der Waals surface area contributed by atoms with Gasteiger partial charge in [0.1, 0.15) is 17.8 Å². The molecule has 0 atom stereocenters. The number of carbonyl (C=O) groups is 2. The summed E-state index contributed by atoms with van der Waals surface area (Å²) < 4.78 is 12.1. The lowest BCUT2D eigenvalue weighted by Crippen LogP contribution is -2.31. The van der Waals surface area contributed by atoms with E-state index in [1.807, 2.05) is 41.0 Å². The van der Waals surface area contributed by atoms with Crippen molar-refractivity contribution in [2.45, 2.75) is 12.1 Å². The summed E-state index contributed by atoms with van der Waals surface area (Å²) >= 11 is 1.25. The summed E-state index contributed by atoms with van der Waals surface area (Å²) in [5, 5.41) is 3.14. The molecule has 3 aromatic rings. The zero-order valence-electron chi connectivity index (χ0n) is 15.5. The molecule has 0 saturated heterocycles. The van der Waals surface area contributed by atoms with E-state index in [1.165, 1.54) is 11.8 Å². The zero-order valence-corrected chi connectivity index (χ0v) is 16.4. The van der Waals surface area contributed by atoms with Crippen molar-refractivity contribution in [3.63, 3.8) is 0 Å². The van der Waals surface area contributed by atoms with Crippen molar-refractivity contribution >= 4 is 34.8 Å². The van der Waals surface area contributed by atoms with Gasteiger partial charge in [-0.05, 0) is 31.2 Å². The highest BCUT2D eigenvalue weighted by molar-refractivity contribution is 7.99. The van der Waals surface area contributed by atoms with Gasteiger partial charge in [-0.15, -0.1) is 0 Å². The maximum Gasteiger partial charge on any atom is 0.325 e. The number of fused-ring (bicyclic) bond motifs is 1. The van der Waals surface area contributed by atoms with Gasteiger partial charge in [0.15, 0.2) is 10.8 Å². The van der Waals surface area contributed by atoms with Gasteiger partial charge in [0, 0.05) is 6.20 Å². The number of carbonyl (C=O) groups excluding carboxylic acids is 2. The van der Waals surface area contributed by atoms with Crippen molar-refractivity contribution in [1.29, 1.82) is 0 Å². The van der Waals surface area contributed by atoms with E-state index in [-0.39, 0.29) is 24.8 Å². The van der Waals surface area contributed by atoms with Gasteiger partial charge in [-0.25, -0.2) is 9.97 Å². The number of imidazole rings is 1. The summed E-state index contributed by atoms with van der Waals surface area (Å²) in [6, 6.07) is 11.2. The zero-order chi connectivity index (χ0) is 19.9. The van der Waals surface area contributed by atoms with Crippen molar-refractivity contribution in [2.75, 3.05) is 26.0 Å². The number of nitrogens with one attached hydrogen (secondary N) is 1. The van der Waals surface area contributed by atoms with Crippen LogP contribution in [0, 0.1) is 0 Å². The van der Waals surface area contributed by atoms with Crippen LogP contribution in [0.15, 0.2) is 47.8 Å². The fourth-order valence-corrected chi connectivity index (χ4v) is 3.42. The highest BCUT2D eigenvalue weighted by atomic mass is 32.2. The van der Waals surface area contributed by atoms with Crippen LogP contribution in [0.4, 0.5) is 0 Å². The molecule has 0 aliphatic heterocycles. The molecule has 0 fully saturated rings. The lowest BCUT2D eigenvalue weighted by atomic mass is 10.3. The molecule has 0 unspecified atom stereocenters. The minimum atomic E-state index is -0.466. The molecular formula is C19H20N4O4S. The number of nitrogens with zero attached hydrogens (tertiary/aromatic N) is 3. The molecule has 0 radical (unpaired) electrons. The summed E-state index contributed by atoms with van der Waals surface area (Å²) in [6.45, 7) is 1.84. The number of benzene rings is 1. The van der Waals surface area contributed by atoms with Crippen LogP contribution >= 0.6 is 11.8 Å². The number of methoxy groups -OCH3 is 1. The molecule has 3 rings (SSSR count). The maximum atomic E-state index is 12.1. The first-order valence-electron chi connectivity index (χ1n) is 8.66. The Labute approximate surface area is 166 Å². The fraction of sp³-hybridized carbons (Fsp3) is 0.263. The number of hydrogen-bond acceptors (Lipinski definition) is 7. The summed E-state index contributed by atoms with van der Waals surface area (Å²) in [6.07, 6.45) is 1.69. The Morgan fingerprint density at radius 1 is 1.21 bits per heavy atom. The number of esters is 1. The largest absolute Gasteiger partial charge is 0.495 e. The second kappa shape index (κ2) is 9.23. The van der Waals surface area contributed by atoms with E-state index in [2.05, 4.69) is 15.3 Å². The van der Waals surface area contributed by atoms with Gasteiger partial charge in [-0.1, -0.05) is 23.9 Å². The molecule has 2 heterocycles. The first-order chi connectivity index (χ1) is 13.6. The number of rotatable bonds is 8. The number of aromatic nitrogens is 3. The molecule has 0 aliphatic carbocycles. The third-order valence-electron chi connectivity index (χ3n) is 3.78. The molecule has 28 heavy (non-hydrogen) atoms. The van der Waals surface area contributed by atoms with Gasteiger partial charge in [-0.2, -0.15) is 0 Å². The Balaban J connectivity index is 1.83. The highest BCUT2D eigenvalue weighted by Gasteiger charge is 2.18. The Hall–Kier alpha value is -3.07. The van der Waals surface area contributed by atoms with Crippen LogP contribution in [0.1, 0.15) is 6.92 Å². The van der Waals surface area contributed by atoms with Crippen molar-refractivity contribution < 1.29 is 19.1 Å². The van der Waals surface area contributed by atoms with Gasteiger partial charge in [0.2, 0.25) is 5.91 Å². The van der Waals surface area contributed by atoms with Crippen LogP contribution < -0.4 is 10.1 Å². The molecule has 2 aromatic heterocycles. The quantitative estimate of drug-likeness (QED) is 0.457. The normalized spacial score (nSPS) is 10.6. The van der Waals surface area contributed by atoms with Gasteiger partial charge in [-0.3, -0.25) is 14.2 Å². The average molecular weight is 400 g/mol. The molecular weight excluding hydrogens is 380 g/mol. The molecule has 0 saturated carbocycles. The van der Waals surface area contributed by atoms with E-state index in [0.29, 0.717) is 22.1 Å². The van der Waals surface area contributed by atoms with Crippen LogP contribution in [0.5, 0.6) is 5.75 Å². The number of pyridine rings is 1. The molecule has 0 spiro atoms. The van der Waals surface area contributed by atoms with E-state index in [0.717, 1.165) is 5.69 Å². The predicted molar refractivity (Wildman–Crippen MR) is 106 cm³/mol. The van der Waals surface area contributed by atoms with E-state index in [9.17, 15) is 9.59 Å². The second-order valence-corrected chi connectivity index (χ2v) is 6.56. The molecule has 0 aliphatic rings. The summed E-state index contributed by atoms with van der Waals surface area (Å²) in [5.41, 5.74) is 2.16. The molecule has 146 valence electrons. The van der Waals surface area contributed by atoms with E-state index in [1.54, 1.807) is 20.2 Å². The lowest BCUT2D eigenvalue weighted by molar-refractivity contribution is -0.143. The van der Waals surface area contributed by atoms with Gasteiger partial charge in [0.05, 0.1) is 25.2 Å².